The smallest absolute Gasteiger partial charge is 0.320 e. The highest BCUT2D eigenvalue weighted by molar-refractivity contribution is 5.76. The van der Waals surface area contributed by atoms with E-state index in [0.29, 0.717) is 32.5 Å². The Morgan fingerprint density at radius 3 is 2.74 bits per heavy atom. The Morgan fingerprint density at radius 1 is 1.42 bits per heavy atom. The lowest BCUT2D eigenvalue weighted by molar-refractivity contribution is -0.143. The maximum absolute atomic E-state index is 12.3. The van der Waals surface area contributed by atoms with Gasteiger partial charge in [-0.25, -0.2) is 4.79 Å². The highest BCUT2D eigenvalue weighted by Crippen LogP contribution is 2.17. The first-order valence-electron chi connectivity index (χ1n) is 6.46. The summed E-state index contributed by atoms with van der Waals surface area (Å²) in [5, 5.41) is 18.0. The highest BCUT2D eigenvalue weighted by atomic mass is 16.5. The topological polar surface area (TPSA) is 90.3 Å². The van der Waals surface area contributed by atoms with Gasteiger partial charge in [0, 0.05) is 33.3 Å². The number of carbonyl (C=O) groups excluding carboxylic acids is 1. The zero-order valence-electron chi connectivity index (χ0n) is 11.2. The van der Waals surface area contributed by atoms with Gasteiger partial charge in [0.05, 0.1) is 19.1 Å². The lowest BCUT2D eigenvalue weighted by atomic mass is 9.99. The molecule has 0 aromatic carbocycles. The molecule has 0 unspecified atom stereocenters. The molecule has 0 saturated carbocycles. The molecule has 1 saturated heterocycles. The van der Waals surface area contributed by atoms with E-state index in [9.17, 15) is 9.59 Å². The fourth-order valence-corrected chi connectivity index (χ4v) is 2.18. The van der Waals surface area contributed by atoms with Crippen LogP contribution in [0.5, 0.6) is 0 Å². The molecule has 1 aliphatic heterocycles. The number of aliphatic hydroxyl groups is 1. The van der Waals surface area contributed by atoms with E-state index < -0.39 is 11.9 Å². The molecular formula is C12H22N2O5. The van der Waals surface area contributed by atoms with Crippen LogP contribution in [0.3, 0.4) is 0 Å². The average Bonchev–Trinajstić information content (AvgIpc) is 2.42. The number of piperidine rings is 1. The van der Waals surface area contributed by atoms with E-state index in [-0.39, 0.29) is 25.7 Å². The summed E-state index contributed by atoms with van der Waals surface area (Å²) in [5.74, 6) is -1.35. The van der Waals surface area contributed by atoms with Crippen molar-refractivity contribution in [3.05, 3.63) is 0 Å². The number of carbonyl (C=O) groups is 2. The Hall–Kier alpha value is -1.34. The molecule has 1 rings (SSSR count). The van der Waals surface area contributed by atoms with Crippen molar-refractivity contribution < 1.29 is 24.5 Å². The van der Waals surface area contributed by atoms with Crippen molar-refractivity contribution in [2.75, 3.05) is 46.5 Å². The number of aliphatic carboxylic acids is 1. The minimum Gasteiger partial charge on any atom is -0.481 e. The quantitative estimate of drug-likeness (QED) is 0.702. The molecule has 7 nitrogen and oxygen atoms in total. The number of likely N-dealkylation sites (tertiary alicyclic amines) is 1. The second-order valence-corrected chi connectivity index (χ2v) is 4.61. The summed E-state index contributed by atoms with van der Waals surface area (Å²) in [4.78, 5) is 26.3. The molecule has 0 aliphatic carbocycles. The summed E-state index contributed by atoms with van der Waals surface area (Å²) in [5.41, 5.74) is 0. The van der Waals surface area contributed by atoms with Crippen LogP contribution < -0.4 is 0 Å². The first kappa shape index (κ1) is 15.7. The van der Waals surface area contributed by atoms with Gasteiger partial charge in [-0.2, -0.15) is 0 Å². The van der Waals surface area contributed by atoms with E-state index >= 15 is 0 Å². The van der Waals surface area contributed by atoms with Gasteiger partial charge >= 0.3 is 12.0 Å². The summed E-state index contributed by atoms with van der Waals surface area (Å²) >= 11 is 0. The van der Waals surface area contributed by atoms with Crippen LogP contribution in [0.4, 0.5) is 4.79 Å². The lowest BCUT2D eigenvalue weighted by Crippen LogP contribution is -2.50. The molecule has 7 heteroatoms. The number of ether oxygens (including phenoxy) is 1. The van der Waals surface area contributed by atoms with Gasteiger partial charge in [0.2, 0.25) is 0 Å². The van der Waals surface area contributed by atoms with Crippen molar-refractivity contribution in [2.45, 2.75) is 12.8 Å². The van der Waals surface area contributed by atoms with Crippen LogP contribution in [0.2, 0.25) is 0 Å². The van der Waals surface area contributed by atoms with Gasteiger partial charge < -0.3 is 24.7 Å². The lowest BCUT2D eigenvalue weighted by Gasteiger charge is -2.35. The highest BCUT2D eigenvalue weighted by Gasteiger charge is 2.30. The molecule has 2 N–H and O–H groups in total. The van der Waals surface area contributed by atoms with Crippen LogP contribution in [-0.2, 0) is 9.53 Å². The third-order valence-corrected chi connectivity index (χ3v) is 3.25. The van der Waals surface area contributed by atoms with E-state index in [1.54, 1.807) is 12.0 Å². The number of aliphatic hydroxyl groups excluding tert-OH is 1. The van der Waals surface area contributed by atoms with Crippen molar-refractivity contribution in [1.29, 1.82) is 0 Å². The van der Waals surface area contributed by atoms with Gasteiger partial charge in [-0.1, -0.05) is 0 Å². The molecular weight excluding hydrogens is 252 g/mol. The first-order chi connectivity index (χ1) is 9.10. The normalized spacial score (nSPS) is 19.3. The minimum atomic E-state index is -0.858. The van der Waals surface area contributed by atoms with E-state index in [1.165, 1.54) is 4.90 Å². The number of urea groups is 1. The molecule has 1 fully saturated rings. The molecule has 0 aromatic rings. The van der Waals surface area contributed by atoms with E-state index in [0.717, 1.165) is 0 Å². The van der Waals surface area contributed by atoms with Crippen LogP contribution >= 0.6 is 0 Å². The molecule has 19 heavy (non-hydrogen) atoms. The predicted molar refractivity (Wildman–Crippen MR) is 67.9 cm³/mol. The second-order valence-electron chi connectivity index (χ2n) is 4.61. The summed E-state index contributed by atoms with van der Waals surface area (Å²) in [6.45, 7) is 1.70. The number of hydrogen-bond donors (Lipinski definition) is 2. The Bertz CT molecular complexity index is 310. The molecule has 1 aliphatic rings. The van der Waals surface area contributed by atoms with E-state index in [2.05, 4.69) is 0 Å². The maximum Gasteiger partial charge on any atom is 0.320 e. The Balaban J connectivity index is 2.59. The average molecular weight is 274 g/mol. The molecule has 0 aromatic heterocycles. The molecule has 0 spiro atoms. The standard InChI is InChI=1S/C12H22N2O5/c1-19-8-6-13(5-7-15)12(18)14-4-2-3-10(9-14)11(16)17/h10,15H,2-9H2,1H3,(H,16,17)/t10-/m1/s1. The molecule has 2 amide bonds. The van der Waals surface area contributed by atoms with Crippen LogP contribution in [-0.4, -0.2) is 78.5 Å². The molecule has 110 valence electrons. The largest absolute Gasteiger partial charge is 0.481 e. The third-order valence-electron chi connectivity index (χ3n) is 3.25. The molecule has 0 bridgehead atoms. The number of hydrogen-bond acceptors (Lipinski definition) is 4. The number of methoxy groups -OCH3 is 1. The Morgan fingerprint density at radius 2 is 2.16 bits per heavy atom. The van der Waals surface area contributed by atoms with Crippen LogP contribution in [0.25, 0.3) is 0 Å². The van der Waals surface area contributed by atoms with Crippen LogP contribution in [0.1, 0.15) is 12.8 Å². The fraction of sp³-hybridized carbons (Fsp3) is 0.833. The predicted octanol–water partition coefficient (Wildman–Crippen LogP) is -0.156. The van der Waals surface area contributed by atoms with Crippen molar-refractivity contribution >= 4 is 12.0 Å². The van der Waals surface area contributed by atoms with Crippen molar-refractivity contribution in [2.24, 2.45) is 5.92 Å². The number of carboxylic acids is 1. The maximum atomic E-state index is 12.3. The number of carboxylic acid groups (broad SMARTS) is 1. The van der Waals surface area contributed by atoms with Crippen LogP contribution in [0, 0.1) is 5.92 Å². The summed E-state index contributed by atoms with van der Waals surface area (Å²) < 4.78 is 4.93. The van der Waals surface area contributed by atoms with E-state index in [1.807, 2.05) is 0 Å². The molecule has 0 radical (unpaired) electrons. The number of amides is 2. The van der Waals surface area contributed by atoms with Gasteiger partial charge in [-0.05, 0) is 12.8 Å². The summed E-state index contributed by atoms with van der Waals surface area (Å²) in [6.07, 6.45) is 1.30. The zero-order chi connectivity index (χ0) is 14.3. The Labute approximate surface area is 112 Å². The number of nitrogens with zero attached hydrogens (tertiary/aromatic N) is 2. The minimum absolute atomic E-state index is 0.119. The van der Waals surface area contributed by atoms with Crippen molar-refractivity contribution in [3.63, 3.8) is 0 Å². The van der Waals surface area contributed by atoms with Crippen LogP contribution in [0.15, 0.2) is 0 Å². The van der Waals surface area contributed by atoms with Crippen molar-refractivity contribution in [3.8, 4) is 0 Å². The summed E-state index contributed by atoms with van der Waals surface area (Å²) in [6, 6.07) is -0.225. The second kappa shape index (κ2) is 7.96. The van der Waals surface area contributed by atoms with Gasteiger partial charge in [0.15, 0.2) is 0 Å². The van der Waals surface area contributed by atoms with Gasteiger partial charge in [-0.15, -0.1) is 0 Å². The van der Waals surface area contributed by atoms with Crippen molar-refractivity contribution in [1.82, 2.24) is 9.80 Å². The summed E-state index contributed by atoms with van der Waals surface area (Å²) in [7, 11) is 1.54. The molecule has 1 atom stereocenters. The van der Waals surface area contributed by atoms with Gasteiger partial charge in [0.1, 0.15) is 0 Å². The number of rotatable bonds is 6. The SMILES string of the molecule is COCCN(CCO)C(=O)N1CCC[C@@H](C(=O)O)C1. The third kappa shape index (κ3) is 4.68. The Kier molecular flexibility index (Phi) is 6.58. The molecule has 1 heterocycles. The van der Waals surface area contributed by atoms with Gasteiger partial charge in [-0.3, -0.25) is 4.79 Å². The van der Waals surface area contributed by atoms with E-state index in [4.69, 9.17) is 14.9 Å². The monoisotopic (exact) mass is 274 g/mol. The zero-order valence-corrected chi connectivity index (χ0v) is 11.2. The first-order valence-corrected chi connectivity index (χ1v) is 6.46. The fourth-order valence-electron chi connectivity index (χ4n) is 2.18. The van der Waals surface area contributed by atoms with Gasteiger partial charge in [0.25, 0.3) is 0 Å².